The lowest BCUT2D eigenvalue weighted by atomic mass is 10.2. The van der Waals surface area contributed by atoms with Crippen molar-refractivity contribution in [2.75, 3.05) is 19.8 Å². The molecule has 3 N–H and O–H groups in total. The van der Waals surface area contributed by atoms with E-state index >= 15 is 0 Å². The number of primary amides is 1. The molecule has 0 fully saturated rings. The number of hydrogen-bond donors (Lipinski definition) is 2. The Bertz CT molecular complexity index is 163. The molecule has 4 heteroatoms. The van der Waals surface area contributed by atoms with Crippen LogP contribution in [0.25, 0.3) is 0 Å². The zero-order valence-electron chi connectivity index (χ0n) is 9.92. The third-order valence-electron chi connectivity index (χ3n) is 2.18. The molecular weight excluding hydrogens is 192 g/mol. The molecular formula is C11H24N2O2. The average molecular weight is 216 g/mol. The van der Waals surface area contributed by atoms with Gasteiger partial charge in [0, 0.05) is 13.2 Å². The van der Waals surface area contributed by atoms with Crippen LogP contribution in [0.2, 0.25) is 0 Å². The van der Waals surface area contributed by atoms with E-state index in [-0.39, 0.29) is 11.9 Å². The normalized spacial score (nSPS) is 12.7. The van der Waals surface area contributed by atoms with Gasteiger partial charge in [0.1, 0.15) is 0 Å². The maximum absolute atomic E-state index is 11.0. The molecule has 0 spiro atoms. The van der Waals surface area contributed by atoms with Crippen LogP contribution in [0.3, 0.4) is 0 Å². The molecule has 0 radical (unpaired) electrons. The highest BCUT2D eigenvalue weighted by Crippen LogP contribution is 1.95. The number of nitrogens with two attached hydrogens (primary N) is 1. The minimum atomic E-state index is -0.289. The van der Waals surface area contributed by atoms with Crippen LogP contribution in [0.1, 0.15) is 39.5 Å². The smallest absolute Gasteiger partial charge is 0.234 e. The Morgan fingerprint density at radius 3 is 2.60 bits per heavy atom. The molecule has 0 rings (SSSR count). The van der Waals surface area contributed by atoms with Crippen LogP contribution >= 0.6 is 0 Å². The molecule has 0 aliphatic heterocycles. The fourth-order valence-corrected chi connectivity index (χ4v) is 1.21. The highest BCUT2D eigenvalue weighted by molar-refractivity contribution is 5.79. The Morgan fingerprint density at radius 1 is 1.33 bits per heavy atom. The molecule has 0 saturated heterocycles. The maximum atomic E-state index is 11.0. The lowest BCUT2D eigenvalue weighted by molar-refractivity contribution is -0.120. The molecule has 0 aromatic rings. The van der Waals surface area contributed by atoms with Crippen molar-refractivity contribution < 1.29 is 9.53 Å². The van der Waals surface area contributed by atoms with Crippen molar-refractivity contribution in [1.82, 2.24) is 5.32 Å². The van der Waals surface area contributed by atoms with E-state index in [2.05, 4.69) is 19.2 Å². The first-order valence-electron chi connectivity index (χ1n) is 5.82. The minimum Gasteiger partial charge on any atom is -0.381 e. The van der Waals surface area contributed by atoms with Crippen LogP contribution in [-0.2, 0) is 9.53 Å². The van der Waals surface area contributed by atoms with Gasteiger partial charge in [0.2, 0.25) is 5.91 Å². The molecule has 1 atom stereocenters. The van der Waals surface area contributed by atoms with Crippen LogP contribution in [0.15, 0.2) is 0 Å². The molecule has 0 bridgehead atoms. The monoisotopic (exact) mass is 216 g/mol. The number of carbonyl (C=O) groups is 1. The summed E-state index contributed by atoms with van der Waals surface area (Å²) in [7, 11) is 0. The Morgan fingerprint density at radius 2 is 2.07 bits per heavy atom. The summed E-state index contributed by atoms with van der Waals surface area (Å²) >= 11 is 0. The van der Waals surface area contributed by atoms with E-state index in [1.165, 1.54) is 0 Å². The number of ether oxygens (including phenoxy) is 1. The first-order chi connectivity index (χ1) is 7.22. The van der Waals surface area contributed by atoms with Crippen LogP contribution in [0.5, 0.6) is 0 Å². The van der Waals surface area contributed by atoms with E-state index in [0.717, 1.165) is 32.4 Å². The summed E-state index contributed by atoms with van der Waals surface area (Å²) in [6.07, 6.45) is 3.87. The minimum absolute atomic E-state index is 0.244. The lowest BCUT2D eigenvalue weighted by Gasteiger charge is -2.14. The van der Waals surface area contributed by atoms with Crippen LogP contribution < -0.4 is 11.1 Å². The number of rotatable bonds is 10. The highest BCUT2D eigenvalue weighted by atomic mass is 16.5. The molecule has 0 aromatic heterocycles. The lowest BCUT2D eigenvalue weighted by Crippen LogP contribution is -2.42. The van der Waals surface area contributed by atoms with Crippen molar-refractivity contribution >= 4 is 5.91 Å². The summed E-state index contributed by atoms with van der Waals surface area (Å²) in [6.45, 7) is 6.38. The van der Waals surface area contributed by atoms with Gasteiger partial charge in [0.05, 0.1) is 6.04 Å². The van der Waals surface area contributed by atoms with Gasteiger partial charge < -0.3 is 15.8 Å². The molecule has 0 aromatic carbocycles. The van der Waals surface area contributed by atoms with Crippen molar-refractivity contribution in [2.24, 2.45) is 5.73 Å². The maximum Gasteiger partial charge on any atom is 0.234 e. The summed E-state index contributed by atoms with van der Waals surface area (Å²) in [4.78, 5) is 11.0. The van der Waals surface area contributed by atoms with Gasteiger partial charge in [-0.2, -0.15) is 0 Å². The van der Waals surface area contributed by atoms with E-state index in [1.807, 2.05) is 0 Å². The van der Waals surface area contributed by atoms with Crippen molar-refractivity contribution in [1.29, 1.82) is 0 Å². The molecule has 15 heavy (non-hydrogen) atoms. The van der Waals surface area contributed by atoms with Crippen molar-refractivity contribution in [3.05, 3.63) is 0 Å². The number of nitrogens with one attached hydrogen (secondary N) is 1. The molecule has 0 saturated carbocycles. The molecule has 0 aliphatic carbocycles. The van der Waals surface area contributed by atoms with E-state index in [4.69, 9.17) is 10.5 Å². The van der Waals surface area contributed by atoms with Gasteiger partial charge >= 0.3 is 0 Å². The Hall–Kier alpha value is -0.610. The SMILES string of the molecule is CCCCOCCC(NCCC)C(N)=O. The van der Waals surface area contributed by atoms with Gasteiger partial charge in [0.25, 0.3) is 0 Å². The van der Waals surface area contributed by atoms with E-state index < -0.39 is 0 Å². The third kappa shape index (κ3) is 8.39. The van der Waals surface area contributed by atoms with Gasteiger partial charge in [-0.1, -0.05) is 20.3 Å². The highest BCUT2D eigenvalue weighted by Gasteiger charge is 2.13. The quantitative estimate of drug-likeness (QED) is 0.536. The van der Waals surface area contributed by atoms with Crippen molar-refractivity contribution in [3.8, 4) is 0 Å². The van der Waals surface area contributed by atoms with Gasteiger partial charge in [-0.15, -0.1) is 0 Å². The van der Waals surface area contributed by atoms with Gasteiger partial charge in [-0.25, -0.2) is 0 Å². The number of hydrogen-bond acceptors (Lipinski definition) is 3. The van der Waals surface area contributed by atoms with Crippen molar-refractivity contribution in [2.45, 2.75) is 45.6 Å². The second-order valence-electron chi connectivity index (χ2n) is 3.66. The van der Waals surface area contributed by atoms with Crippen LogP contribution in [0, 0.1) is 0 Å². The predicted molar refractivity (Wildman–Crippen MR) is 61.6 cm³/mol. The third-order valence-corrected chi connectivity index (χ3v) is 2.18. The van der Waals surface area contributed by atoms with Gasteiger partial charge in [0.15, 0.2) is 0 Å². The fourth-order valence-electron chi connectivity index (χ4n) is 1.21. The van der Waals surface area contributed by atoms with Crippen molar-refractivity contribution in [3.63, 3.8) is 0 Å². The first kappa shape index (κ1) is 14.4. The van der Waals surface area contributed by atoms with E-state index in [1.54, 1.807) is 0 Å². The summed E-state index contributed by atoms with van der Waals surface area (Å²) in [5.41, 5.74) is 5.26. The Kier molecular flexibility index (Phi) is 9.52. The van der Waals surface area contributed by atoms with Gasteiger partial charge in [-0.05, 0) is 25.8 Å². The standard InChI is InChI=1S/C11H24N2O2/c1-3-5-8-15-9-6-10(11(12)14)13-7-4-2/h10,13H,3-9H2,1-2H3,(H2,12,14). The number of unbranched alkanes of at least 4 members (excludes halogenated alkanes) is 1. The summed E-state index contributed by atoms with van der Waals surface area (Å²) in [5, 5.41) is 3.11. The fraction of sp³-hybridized carbons (Fsp3) is 0.909. The largest absolute Gasteiger partial charge is 0.381 e. The van der Waals surface area contributed by atoms with Crippen LogP contribution in [0.4, 0.5) is 0 Å². The van der Waals surface area contributed by atoms with Crippen LogP contribution in [-0.4, -0.2) is 31.7 Å². The first-order valence-corrected chi connectivity index (χ1v) is 5.82. The van der Waals surface area contributed by atoms with Gasteiger partial charge in [-0.3, -0.25) is 4.79 Å². The Balaban J connectivity index is 3.53. The molecule has 0 heterocycles. The zero-order valence-corrected chi connectivity index (χ0v) is 9.92. The molecule has 0 aliphatic rings. The van der Waals surface area contributed by atoms with E-state index in [0.29, 0.717) is 13.0 Å². The average Bonchev–Trinajstić information content (AvgIpc) is 2.21. The number of carbonyl (C=O) groups excluding carboxylic acids is 1. The Labute approximate surface area is 92.6 Å². The summed E-state index contributed by atoms with van der Waals surface area (Å²) < 4.78 is 5.39. The number of amides is 1. The molecule has 4 nitrogen and oxygen atoms in total. The topological polar surface area (TPSA) is 64.3 Å². The molecule has 1 amide bonds. The molecule has 90 valence electrons. The summed E-state index contributed by atoms with van der Waals surface area (Å²) in [6, 6.07) is -0.244. The molecule has 1 unspecified atom stereocenters. The second kappa shape index (κ2) is 9.93. The second-order valence-corrected chi connectivity index (χ2v) is 3.66. The predicted octanol–water partition coefficient (Wildman–Crippen LogP) is 1.05. The van der Waals surface area contributed by atoms with E-state index in [9.17, 15) is 4.79 Å². The summed E-state index contributed by atoms with van der Waals surface area (Å²) in [5.74, 6) is -0.289. The zero-order chi connectivity index (χ0) is 11.5.